The maximum Gasteiger partial charge on any atom is 0.193 e. The van der Waals surface area contributed by atoms with Crippen molar-refractivity contribution < 1.29 is 4.74 Å². The molecule has 1 N–H and O–H groups in total. The number of benzene rings is 1. The van der Waals surface area contributed by atoms with E-state index in [9.17, 15) is 0 Å². The van der Waals surface area contributed by atoms with Gasteiger partial charge in [-0.3, -0.25) is 4.99 Å². The fourth-order valence-electron chi connectivity index (χ4n) is 3.79. The Morgan fingerprint density at radius 2 is 1.85 bits per heavy atom. The zero-order valence-electron chi connectivity index (χ0n) is 16.2. The molecule has 0 radical (unpaired) electrons. The van der Waals surface area contributed by atoms with E-state index >= 15 is 0 Å². The molecule has 144 valence electrons. The molecule has 2 fully saturated rings. The molecule has 1 aromatic rings. The lowest BCUT2D eigenvalue weighted by atomic mass is 10.1. The predicted molar refractivity (Wildman–Crippen MR) is 108 cm³/mol. The van der Waals surface area contributed by atoms with Crippen molar-refractivity contribution in [1.29, 1.82) is 0 Å². The molecule has 0 aromatic heterocycles. The molecule has 0 spiro atoms. The van der Waals surface area contributed by atoms with Gasteiger partial charge in [-0.25, -0.2) is 0 Å². The van der Waals surface area contributed by atoms with Gasteiger partial charge in [0.1, 0.15) is 11.9 Å². The molecule has 3 rings (SSSR count). The molecule has 1 aromatic carbocycles. The van der Waals surface area contributed by atoms with Crippen molar-refractivity contribution in [3.63, 3.8) is 0 Å². The third kappa shape index (κ3) is 5.90. The number of nitrogens with one attached hydrogen (secondary N) is 1. The minimum atomic E-state index is 0.312. The van der Waals surface area contributed by atoms with Crippen molar-refractivity contribution in [2.75, 3.05) is 45.8 Å². The van der Waals surface area contributed by atoms with E-state index < -0.39 is 0 Å². The molecule has 2 heterocycles. The minimum absolute atomic E-state index is 0.312. The number of aliphatic imine (C=N–C) groups is 1. The molecule has 0 amide bonds. The van der Waals surface area contributed by atoms with Crippen molar-refractivity contribution in [1.82, 2.24) is 15.1 Å². The van der Waals surface area contributed by atoms with E-state index in [-0.39, 0.29) is 0 Å². The summed E-state index contributed by atoms with van der Waals surface area (Å²) in [5.74, 6) is 2.06. The number of piperidine rings is 1. The molecule has 2 aliphatic rings. The Morgan fingerprint density at radius 1 is 1.12 bits per heavy atom. The Kier molecular flexibility index (Phi) is 7.62. The van der Waals surface area contributed by atoms with Gasteiger partial charge in [-0.1, -0.05) is 18.2 Å². The van der Waals surface area contributed by atoms with Crippen LogP contribution in [0.1, 0.15) is 39.0 Å². The van der Waals surface area contributed by atoms with Crippen LogP contribution in [0.3, 0.4) is 0 Å². The molecular formula is C21H34N4O. The second-order valence-corrected chi connectivity index (χ2v) is 7.26. The molecule has 0 bridgehead atoms. The van der Waals surface area contributed by atoms with Gasteiger partial charge in [-0.05, 0) is 58.0 Å². The number of hydrogen-bond acceptors (Lipinski definition) is 3. The van der Waals surface area contributed by atoms with E-state index in [1.54, 1.807) is 0 Å². The average molecular weight is 359 g/mol. The van der Waals surface area contributed by atoms with Gasteiger partial charge in [0.15, 0.2) is 5.96 Å². The Morgan fingerprint density at radius 3 is 2.54 bits per heavy atom. The highest BCUT2D eigenvalue weighted by Crippen LogP contribution is 2.18. The first-order valence-electron chi connectivity index (χ1n) is 10.3. The number of para-hydroxylation sites is 1. The van der Waals surface area contributed by atoms with Crippen molar-refractivity contribution in [2.24, 2.45) is 4.99 Å². The highest BCUT2D eigenvalue weighted by atomic mass is 16.5. The van der Waals surface area contributed by atoms with E-state index in [0.717, 1.165) is 57.2 Å². The highest BCUT2D eigenvalue weighted by molar-refractivity contribution is 5.80. The largest absolute Gasteiger partial charge is 0.490 e. The molecule has 2 aliphatic heterocycles. The lowest BCUT2D eigenvalue weighted by molar-refractivity contribution is 0.129. The van der Waals surface area contributed by atoms with E-state index in [2.05, 4.69) is 22.0 Å². The fourth-order valence-corrected chi connectivity index (χ4v) is 3.79. The number of likely N-dealkylation sites (tertiary alicyclic amines) is 2. The molecule has 5 nitrogen and oxygen atoms in total. The zero-order chi connectivity index (χ0) is 18.0. The number of guanidine groups is 1. The molecule has 0 saturated carbocycles. The van der Waals surface area contributed by atoms with Crippen LogP contribution in [0.5, 0.6) is 5.75 Å². The first-order chi connectivity index (χ1) is 12.8. The molecule has 0 unspecified atom stereocenters. The molecule has 5 heteroatoms. The van der Waals surface area contributed by atoms with Crippen LogP contribution in [0.25, 0.3) is 0 Å². The third-order valence-electron chi connectivity index (χ3n) is 5.22. The molecule has 26 heavy (non-hydrogen) atoms. The SMILES string of the molecule is CCNC(=NCCCN1CCCC1)N1CCC(Oc2ccccc2)CC1. The van der Waals surface area contributed by atoms with Crippen LogP contribution < -0.4 is 10.1 Å². The molecule has 0 aliphatic carbocycles. The average Bonchev–Trinajstić information content (AvgIpc) is 3.19. The summed E-state index contributed by atoms with van der Waals surface area (Å²) in [7, 11) is 0. The summed E-state index contributed by atoms with van der Waals surface area (Å²) in [6.07, 6.45) is 6.30. The summed E-state index contributed by atoms with van der Waals surface area (Å²) in [4.78, 5) is 9.83. The van der Waals surface area contributed by atoms with Gasteiger partial charge in [-0.15, -0.1) is 0 Å². The summed E-state index contributed by atoms with van der Waals surface area (Å²) in [5.41, 5.74) is 0. The number of ether oxygens (including phenoxy) is 1. The highest BCUT2D eigenvalue weighted by Gasteiger charge is 2.22. The molecule has 0 atom stereocenters. The van der Waals surface area contributed by atoms with Gasteiger partial charge in [0.05, 0.1) is 0 Å². The molecule has 2 saturated heterocycles. The van der Waals surface area contributed by atoms with Gasteiger partial charge in [0.25, 0.3) is 0 Å². The van der Waals surface area contributed by atoms with E-state index in [4.69, 9.17) is 9.73 Å². The normalized spacial score (nSPS) is 19.7. The Hall–Kier alpha value is -1.75. The topological polar surface area (TPSA) is 40.1 Å². The second kappa shape index (κ2) is 10.4. The number of hydrogen-bond donors (Lipinski definition) is 1. The number of nitrogens with zero attached hydrogens (tertiary/aromatic N) is 3. The first-order valence-corrected chi connectivity index (χ1v) is 10.3. The van der Waals surface area contributed by atoms with Gasteiger partial charge in [0, 0.05) is 39.0 Å². The van der Waals surface area contributed by atoms with E-state index in [0.29, 0.717) is 6.10 Å². The van der Waals surface area contributed by atoms with Crippen molar-refractivity contribution in [2.45, 2.75) is 45.1 Å². The summed E-state index contributed by atoms with van der Waals surface area (Å²) in [5, 5.41) is 3.47. The Bertz CT molecular complexity index is 534. The summed E-state index contributed by atoms with van der Waals surface area (Å²) < 4.78 is 6.11. The third-order valence-corrected chi connectivity index (χ3v) is 5.22. The monoisotopic (exact) mass is 358 g/mol. The first kappa shape index (κ1) is 19.0. The van der Waals surface area contributed by atoms with Crippen LogP contribution in [0.4, 0.5) is 0 Å². The van der Waals surface area contributed by atoms with Crippen LogP contribution in [-0.4, -0.2) is 67.7 Å². The standard InChI is InChI=1S/C21H34N4O/c1-2-22-21(23-13-8-16-24-14-6-7-15-24)25-17-11-20(12-18-25)26-19-9-4-3-5-10-19/h3-5,9-10,20H,2,6-8,11-18H2,1H3,(H,22,23). The van der Waals surface area contributed by atoms with Crippen LogP contribution in [0, 0.1) is 0 Å². The van der Waals surface area contributed by atoms with Gasteiger partial charge in [-0.2, -0.15) is 0 Å². The van der Waals surface area contributed by atoms with Gasteiger partial charge in [0.2, 0.25) is 0 Å². The lowest BCUT2D eigenvalue weighted by Gasteiger charge is -2.34. The van der Waals surface area contributed by atoms with Crippen LogP contribution >= 0.6 is 0 Å². The second-order valence-electron chi connectivity index (χ2n) is 7.26. The minimum Gasteiger partial charge on any atom is -0.490 e. The summed E-state index contributed by atoms with van der Waals surface area (Å²) >= 11 is 0. The Balaban J connectivity index is 1.42. The summed E-state index contributed by atoms with van der Waals surface area (Å²) in [6.45, 7) is 9.74. The smallest absolute Gasteiger partial charge is 0.193 e. The maximum atomic E-state index is 6.11. The van der Waals surface area contributed by atoms with E-state index in [1.165, 1.54) is 32.5 Å². The predicted octanol–water partition coefficient (Wildman–Crippen LogP) is 2.98. The van der Waals surface area contributed by atoms with E-state index in [1.807, 2.05) is 30.3 Å². The van der Waals surface area contributed by atoms with Crippen LogP contribution in [0.2, 0.25) is 0 Å². The quantitative estimate of drug-likeness (QED) is 0.462. The summed E-state index contributed by atoms with van der Waals surface area (Å²) in [6, 6.07) is 10.2. The molecular weight excluding hydrogens is 324 g/mol. The zero-order valence-corrected chi connectivity index (χ0v) is 16.2. The van der Waals surface area contributed by atoms with Gasteiger partial charge < -0.3 is 19.9 Å². The fraction of sp³-hybridized carbons (Fsp3) is 0.667. The Labute approximate surface area is 158 Å². The maximum absolute atomic E-state index is 6.11. The van der Waals surface area contributed by atoms with Crippen molar-refractivity contribution in [3.05, 3.63) is 30.3 Å². The lowest BCUT2D eigenvalue weighted by Crippen LogP contribution is -2.47. The number of rotatable bonds is 7. The van der Waals surface area contributed by atoms with Crippen LogP contribution in [0.15, 0.2) is 35.3 Å². The van der Waals surface area contributed by atoms with Gasteiger partial charge >= 0.3 is 0 Å². The van der Waals surface area contributed by atoms with Crippen molar-refractivity contribution >= 4 is 5.96 Å². The van der Waals surface area contributed by atoms with Crippen LogP contribution in [-0.2, 0) is 0 Å². The van der Waals surface area contributed by atoms with Crippen molar-refractivity contribution in [3.8, 4) is 5.75 Å².